The number of halogens is 1. The lowest BCUT2D eigenvalue weighted by molar-refractivity contribution is 0.383. The Bertz CT molecular complexity index is 937. The van der Waals surface area contributed by atoms with Gasteiger partial charge in [0.15, 0.2) is 11.6 Å². The first-order valence-corrected chi connectivity index (χ1v) is 11.4. The topological polar surface area (TPSA) is 69.6 Å². The zero-order valence-corrected chi connectivity index (χ0v) is 17.5. The first kappa shape index (κ1) is 19.4. The van der Waals surface area contributed by atoms with Gasteiger partial charge in [-0.15, -0.1) is 10.2 Å². The fourth-order valence-corrected chi connectivity index (χ4v) is 5.67. The van der Waals surface area contributed by atoms with Crippen LogP contribution in [0.4, 0.5) is 11.6 Å². The molecule has 0 N–H and O–H groups in total. The third kappa shape index (κ3) is 3.68. The standard InChI is InChI=1S/C19H24ClN5O2S/c1-15-16(20)5-4-6-17(15)28(26,27)25-13-11-24(12-14-25)19-8-7-18(21-22-19)23-9-2-3-10-23/h4-8H,2-3,9-14H2,1H3. The summed E-state index contributed by atoms with van der Waals surface area (Å²) in [6.45, 7) is 5.78. The predicted molar refractivity (Wildman–Crippen MR) is 111 cm³/mol. The third-order valence-corrected chi connectivity index (χ3v) is 7.92. The van der Waals surface area contributed by atoms with Crippen LogP contribution in [0.1, 0.15) is 18.4 Å². The molecule has 2 aliphatic heterocycles. The van der Waals surface area contributed by atoms with E-state index in [4.69, 9.17) is 11.6 Å². The van der Waals surface area contributed by atoms with Crippen molar-refractivity contribution in [2.75, 3.05) is 49.1 Å². The quantitative estimate of drug-likeness (QED) is 0.755. The largest absolute Gasteiger partial charge is 0.355 e. The minimum Gasteiger partial charge on any atom is -0.355 e. The first-order valence-electron chi connectivity index (χ1n) is 9.56. The summed E-state index contributed by atoms with van der Waals surface area (Å²) < 4.78 is 27.5. The zero-order chi connectivity index (χ0) is 19.7. The molecule has 3 heterocycles. The van der Waals surface area contributed by atoms with Crippen LogP contribution in [-0.4, -0.2) is 62.2 Å². The molecule has 0 unspecified atom stereocenters. The van der Waals surface area contributed by atoms with Crippen LogP contribution >= 0.6 is 11.6 Å². The molecule has 0 amide bonds. The van der Waals surface area contributed by atoms with Gasteiger partial charge in [-0.2, -0.15) is 4.31 Å². The van der Waals surface area contributed by atoms with Crippen molar-refractivity contribution >= 4 is 33.3 Å². The van der Waals surface area contributed by atoms with E-state index in [9.17, 15) is 8.42 Å². The molecule has 7 nitrogen and oxygen atoms in total. The maximum Gasteiger partial charge on any atom is 0.243 e. The highest BCUT2D eigenvalue weighted by Gasteiger charge is 2.30. The van der Waals surface area contributed by atoms with Crippen LogP contribution < -0.4 is 9.80 Å². The van der Waals surface area contributed by atoms with Crippen molar-refractivity contribution in [2.45, 2.75) is 24.7 Å². The highest BCUT2D eigenvalue weighted by atomic mass is 35.5. The summed E-state index contributed by atoms with van der Waals surface area (Å²) in [5.41, 5.74) is 0.593. The number of benzene rings is 1. The molecule has 0 aliphatic carbocycles. The molecular formula is C19H24ClN5O2S. The van der Waals surface area contributed by atoms with Crippen molar-refractivity contribution in [3.05, 3.63) is 40.9 Å². The van der Waals surface area contributed by atoms with Crippen LogP contribution in [0.3, 0.4) is 0 Å². The lowest BCUT2D eigenvalue weighted by atomic mass is 10.2. The van der Waals surface area contributed by atoms with Gasteiger partial charge in [0.25, 0.3) is 0 Å². The summed E-state index contributed by atoms with van der Waals surface area (Å²) in [6.07, 6.45) is 2.40. The number of aromatic nitrogens is 2. The number of hydrogen-bond acceptors (Lipinski definition) is 6. The van der Waals surface area contributed by atoms with Crippen LogP contribution in [0, 0.1) is 6.92 Å². The van der Waals surface area contributed by atoms with Gasteiger partial charge in [-0.1, -0.05) is 17.7 Å². The number of anilines is 2. The number of nitrogens with zero attached hydrogens (tertiary/aromatic N) is 5. The normalized spacial score (nSPS) is 18.6. The minimum atomic E-state index is -3.56. The number of sulfonamides is 1. The summed E-state index contributed by atoms with van der Waals surface area (Å²) in [7, 11) is -3.56. The molecule has 0 radical (unpaired) electrons. The molecule has 2 saturated heterocycles. The highest BCUT2D eigenvalue weighted by Crippen LogP contribution is 2.27. The second-order valence-electron chi connectivity index (χ2n) is 7.20. The smallest absolute Gasteiger partial charge is 0.243 e. The van der Waals surface area contributed by atoms with Gasteiger partial charge in [-0.25, -0.2) is 8.42 Å². The monoisotopic (exact) mass is 421 g/mol. The van der Waals surface area contributed by atoms with Crippen LogP contribution in [0.5, 0.6) is 0 Å². The molecule has 0 saturated carbocycles. The van der Waals surface area contributed by atoms with Gasteiger partial charge >= 0.3 is 0 Å². The van der Waals surface area contributed by atoms with Gasteiger partial charge < -0.3 is 9.80 Å². The molecular weight excluding hydrogens is 398 g/mol. The molecule has 0 bridgehead atoms. The summed E-state index contributed by atoms with van der Waals surface area (Å²) in [5.74, 6) is 1.71. The van der Waals surface area contributed by atoms with Crippen LogP contribution in [-0.2, 0) is 10.0 Å². The van der Waals surface area contributed by atoms with E-state index in [1.165, 1.54) is 17.1 Å². The van der Waals surface area contributed by atoms with E-state index in [1.54, 1.807) is 25.1 Å². The molecule has 4 rings (SSSR count). The van der Waals surface area contributed by atoms with Crippen molar-refractivity contribution in [1.82, 2.24) is 14.5 Å². The highest BCUT2D eigenvalue weighted by molar-refractivity contribution is 7.89. The maximum absolute atomic E-state index is 13.0. The Morgan fingerprint density at radius 2 is 1.43 bits per heavy atom. The fraction of sp³-hybridized carbons (Fsp3) is 0.474. The van der Waals surface area contributed by atoms with E-state index in [-0.39, 0.29) is 4.90 Å². The van der Waals surface area contributed by atoms with E-state index in [0.29, 0.717) is 36.8 Å². The molecule has 0 spiro atoms. The Balaban J connectivity index is 1.43. The lowest BCUT2D eigenvalue weighted by Gasteiger charge is -2.34. The van der Waals surface area contributed by atoms with Gasteiger partial charge in [0.05, 0.1) is 4.90 Å². The summed E-state index contributed by atoms with van der Waals surface area (Å²) in [4.78, 5) is 4.61. The van der Waals surface area contributed by atoms with E-state index in [2.05, 4.69) is 20.0 Å². The van der Waals surface area contributed by atoms with Crippen molar-refractivity contribution in [1.29, 1.82) is 0 Å². The van der Waals surface area contributed by atoms with Crippen LogP contribution in [0.2, 0.25) is 5.02 Å². The zero-order valence-electron chi connectivity index (χ0n) is 15.9. The van der Waals surface area contributed by atoms with Crippen molar-refractivity contribution in [3.8, 4) is 0 Å². The number of rotatable bonds is 4. The number of piperazine rings is 1. The van der Waals surface area contributed by atoms with E-state index >= 15 is 0 Å². The average molecular weight is 422 g/mol. The van der Waals surface area contributed by atoms with E-state index < -0.39 is 10.0 Å². The Kier molecular flexibility index (Phi) is 5.44. The van der Waals surface area contributed by atoms with Gasteiger partial charge in [0, 0.05) is 44.3 Å². The van der Waals surface area contributed by atoms with Crippen molar-refractivity contribution in [3.63, 3.8) is 0 Å². The van der Waals surface area contributed by atoms with E-state index in [1.807, 2.05) is 12.1 Å². The Hall–Kier alpha value is -1.90. The molecule has 150 valence electrons. The number of hydrogen-bond donors (Lipinski definition) is 0. The molecule has 0 atom stereocenters. The second kappa shape index (κ2) is 7.85. The molecule has 9 heteroatoms. The van der Waals surface area contributed by atoms with E-state index in [0.717, 1.165) is 24.7 Å². The SMILES string of the molecule is Cc1c(Cl)cccc1S(=O)(=O)N1CCN(c2ccc(N3CCCC3)nn2)CC1. The molecule has 1 aromatic carbocycles. The van der Waals surface area contributed by atoms with Gasteiger partial charge in [-0.3, -0.25) is 0 Å². The van der Waals surface area contributed by atoms with Gasteiger partial charge in [-0.05, 0) is 49.6 Å². The fourth-order valence-electron chi connectivity index (χ4n) is 3.77. The van der Waals surface area contributed by atoms with Gasteiger partial charge in [0.2, 0.25) is 10.0 Å². The third-order valence-electron chi connectivity index (χ3n) is 5.46. The molecule has 28 heavy (non-hydrogen) atoms. The molecule has 2 aliphatic rings. The Morgan fingerprint density at radius 1 is 0.857 bits per heavy atom. The predicted octanol–water partition coefficient (Wildman–Crippen LogP) is 2.55. The molecule has 2 fully saturated rings. The summed E-state index contributed by atoms with van der Waals surface area (Å²) in [6, 6.07) is 8.98. The maximum atomic E-state index is 13.0. The van der Waals surface area contributed by atoms with Gasteiger partial charge in [0.1, 0.15) is 0 Å². The van der Waals surface area contributed by atoms with Crippen LogP contribution in [0.15, 0.2) is 35.2 Å². The Labute approximate surface area is 171 Å². The molecule has 1 aromatic heterocycles. The van der Waals surface area contributed by atoms with Crippen molar-refractivity contribution < 1.29 is 8.42 Å². The Morgan fingerprint density at radius 3 is 2.00 bits per heavy atom. The molecule has 2 aromatic rings. The summed E-state index contributed by atoms with van der Waals surface area (Å²) in [5, 5.41) is 9.19. The lowest BCUT2D eigenvalue weighted by Crippen LogP contribution is -2.49. The van der Waals surface area contributed by atoms with Crippen LogP contribution in [0.25, 0.3) is 0 Å². The summed E-state index contributed by atoms with van der Waals surface area (Å²) >= 11 is 6.11. The minimum absolute atomic E-state index is 0.281. The first-order chi connectivity index (χ1) is 13.5. The average Bonchev–Trinajstić information content (AvgIpc) is 3.25. The second-order valence-corrected chi connectivity index (χ2v) is 9.51. The van der Waals surface area contributed by atoms with Crippen molar-refractivity contribution in [2.24, 2.45) is 0 Å².